The fourth-order valence-electron chi connectivity index (χ4n) is 4.70. The largest absolute Gasteiger partial charge is 0.362 e. The van der Waals surface area contributed by atoms with Crippen LogP contribution in [0.2, 0.25) is 0 Å². The Kier molecular flexibility index (Phi) is 6.34. The molecule has 0 saturated heterocycles. The van der Waals surface area contributed by atoms with E-state index in [1.165, 1.54) is 38.5 Å². The number of aromatic nitrogens is 2. The molecule has 0 radical (unpaired) electrons. The van der Waals surface area contributed by atoms with E-state index in [0.717, 1.165) is 41.0 Å². The molecule has 156 valence electrons. The topological polar surface area (TPSA) is 53.1 Å². The first kappa shape index (κ1) is 20.1. The third-order valence-electron chi connectivity index (χ3n) is 6.65. The van der Waals surface area contributed by atoms with Crippen LogP contribution < -0.4 is 15.5 Å². The van der Waals surface area contributed by atoms with E-state index < -0.39 is 0 Å². The highest BCUT2D eigenvalue weighted by atomic mass is 15.2. The predicted molar refractivity (Wildman–Crippen MR) is 123 cm³/mol. The molecular weight excluding hydrogens is 358 g/mol. The molecule has 1 saturated carbocycles. The number of allylic oxidation sites excluding steroid dienone is 2. The molecule has 0 spiro atoms. The normalized spacial score (nSPS) is 27.1. The molecule has 0 bridgehead atoms. The van der Waals surface area contributed by atoms with Gasteiger partial charge in [-0.05, 0) is 69.0 Å². The second-order valence-electron chi connectivity index (χ2n) is 9.06. The number of rotatable bonds is 6. The summed E-state index contributed by atoms with van der Waals surface area (Å²) in [6.07, 6.45) is 12.0. The minimum absolute atomic E-state index is 0.459. The zero-order valence-corrected chi connectivity index (χ0v) is 18.1. The second kappa shape index (κ2) is 9.12. The van der Waals surface area contributed by atoms with Gasteiger partial charge in [0.25, 0.3) is 0 Å². The first-order valence-electron chi connectivity index (χ1n) is 11.2. The van der Waals surface area contributed by atoms with E-state index in [1.807, 2.05) is 26.2 Å². The van der Waals surface area contributed by atoms with Crippen LogP contribution in [0, 0.1) is 11.8 Å². The molecule has 2 aliphatic rings. The highest BCUT2D eigenvalue weighted by Gasteiger charge is 2.24. The van der Waals surface area contributed by atoms with Gasteiger partial charge in [-0.25, -0.2) is 4.98 Å². The van der Waals surface area contributed by atoms with Crippen molar-refractivity contribution in [3.63, 3.8) is 0 Å². The van der Waals surface area contributed by atoms with E-state index in [1.54, 1.807) is 0 Å². The number of fused-ring (bicyclic) bond motifs is 1. The second-order valence-corrected chi connectivity index (χ2v) is 9.06. The maximum atomic E-state index is 4.80. The standard InChI is InChI=1S/C24H35N5/c1-17-8-4-5-9-18(17)16-25-19-12-14-20(15-13-19)26-24-27-22-11-7-6-10-21(22)23(28-24)29(2)3/h4-7,10-11,17-20,25H,8-9,12-16H2,1-3H3,(H,26,27,28). The smallest absolute Gasteiger partial charge is 0.225 e. The predicted octanol–water partition coefficient (Wildman–Crippen LogP) is 4.61. The first-order chi connectivity index (χ1) is 14.1. The van der Waals surface area contributed by atoms with Gasteiger partial charge < -0.3 is 15.5 Å². The van der Waals surface area contributed by atoms with Gasteiger partial charge in [-0.2, -0.15) is 4.98 Å². The van der Waals surface area contributed by atoms with E-state index >= 15 is 0 Å². The van der Waals surface area contributed by atoms with Gasteiger partial charge in [-0.15, -0.1) is 0 Å². The van der Waals surface area contributed by atoms with Gasteiger partial charge in [0, 0.05) is 31.6 Å². The summed E-state index contributed by atoms with van der Waals surface area (Å²) in [5.74, 6) is 3.34. The molecule has 1 heterocycles. The molecule has 4 rings (SSSR count). The maximum absolute atomic E-state index is 4.80. The third-order valence-corrected chi connectivity index (χ3v) is 6.65. The van der Waals surface area contributed by atoms with Crippen molar-refractivity contribution in [2.45, 2.75) is 57.5 Å². The summed E-state index contributed by atoms with van der Waals surface area (Å²) < 4.78 is 0. The van der Waals surface area contributed by atoms with Crippen LogP contribution in [0.25, 0.3) is 10.9 Å². The van der Waals surface area contributed by atoms with E-state index in [2.05, 4.69) is 46.7 Å². The molecule has 1 aromatic heterocycles. The fraction of sp³-hybridized carbons (Fsp3) is 0.583. The van der Waals surface area contributed by atoms with Crippen LogP contribution in [0.4, 0.5) is 11.8 Å². The summed E-state index contributed by atoms with van der Waals surface area (Å²) >= 11 is 0. The summed E-state index contributed by atoms with van der Waals surface area (Å²) in [4.78, 5) is 11.6. The number of hydrogen-bond acceptors (Lipinski definition) is 5. The van der Waals surface area contributed by atoms with Crippen molar-refractivity contribution in [2.75, 3.05) is 30.9 Å². The molecule has 5 heteroatoms. The molecule has 0 amide bonds. The lowest BCUT2D eigenvalue weighted by molar-refractivity contribution is 0.286. The molecule has 1 fully saturated rings. The van der Waals surface area contributed by atoms with Crippen LogP contribution in [0.5, 0.6) is 0 Å². The quantitative estimate of drug-likeness (QED) is 0.702. The summed E-state index contributed by atoms with van der Waals surface area (Å²) in [7, 11) is 4.08. The lowest BCUT2D eigenvalue weighted by atomic mass is 9.83. The Bertz CT molecular complexity index is 838. The van der Waals surface area contributed by atoms with Crippen molar-refractivity contribution < 1.29 is 0 Å². The zero-order valence-electron chi connectivity index (χ0n) is 18.1. The van der Waals surface area contributed by atoms with Crippen LogP contribution in [0.1, 0.15) is 45.4 Å². The van der Waals surface area contributed by atoms with Crippen molar-refractivity contribution in [3.05, 3.63) is 36.4 Å². The number of para-hydroxylation sites is 1. The molecule has 5 nitrogen and oxygen atoms in total. The minimum Gasteiger partial charge on any atom is -0.362 e. The number of hydrogen-bond donors (Lipinski definition) is 2. The number of benzene rings is 1. The Labute approximate surface area is 175 Å². The Hall–Kier alpha value is -2.14. The fourth-order valence-corrected chi connectivity index (χ4v) is 4.70. The molecule has 29 heavy (non-hydrogen) atoms. The highest BCUT2D eigenvalue weighted by molar-refractivity contribution is 5.90. The van der Waals surface area contributed by atoms with Gasteiger partial charge in [-0.1, -0.05) is 31.2 Å². The highest BCUT2D eigenvalue weighted by Crippen LogP contribution is 2.28. The molecule has 2 unspecified atom stereocenters. The summed E-state index contributed by atoms with van der Waals surface area (Å²) in [5.41, 5.74) is 1.000. The van der Waals surface area contributed by atoms with E-state index in [9.17, 15) is 0 Å². The van der Waals surface area contributed by atoms with E-state index in [0.29, 0.717) is 12.1 Å². The van der Waals surface area contributed by atoms with Crippen LogP contribution in [0.3, 0.4) is 0 Å². The molecule has 2 atom stereocenters. The van der Waals surface area contributed by atoms with Gasteiger partial charge in [0.05, 0.1) is 5.52 Å². The van der Waals surface area contributed by atoms with Crippen molar-refractivity contribution in [2.24, 2.45) is 11.8 Å². The summed E-state index contributed by atoms with van der Waals surface area (Å²) in [5, 5.41) is 8.57. The monoisotopic (exact) mass is 393 g/mol. The Morgan fingerprint density at radius 1 is 0.966 bits per heavy atom. The molecule has 1 aromatic carbocycles. The van der Waals surface area contributed by atoms with Gasteiger partial charge in [0.2, 0.25) is 5.95 Å². The lowest BCUT2D eigenvalue weighted by Gasteiger charge is -2.32. The summed E-state index contributed by atoms with van der Waals surface area (Å²) in [6.45, 7) is 3.55. The SMILES string of the molecule is CC1CC=CCC1CNC1CCC(Nc2nc(N(C)C)c3ccccc3n2)CC1. The van der Waals surface area contributed by atoms with Crippen LogP contribution >= 0.6 is 0 Å². The Morgan fingerprint density at radius 3 is 2.45 bits per heavy atom. The number of nitrogens with zero attached hydrogens (tertiary/aromatic N) is 3. The van der Waals surface area contributed by atoms with E-state index in [4.69, 9.17) is 9.97 Å². The summed E-state index contributed by atoms with van der Waals surface area (Å²) in [6, 6.07) is 9.36. The Balaban J connectivity index is 1.32. The Morgan fingerprint density at radius 2 is 1.69 bits per heavy atom. The first-order valence-corrected chi connectivity index (χ1v) is 11.2. The van der Waals surface area contributed by atoms with Gasteiger partial charge >= 0.3 is 0 Å². The van der Waals surface area contributed by atoms with E-state index in [-0.39, 0.29) is 0 Å². The van der Waals surface area contributed by atoms with Crippen molar-refractivity contribution >= 4 is 22.7 Å². The van der Waals surface area contributed by atoms with Gasteiger partial charge in [-0.3, -0.25) is 0 Å². The minimum atomic E-state index is 0.459. The molecule has 2 aromatic rings. The average Bonchev–Trinajstić information content (AvgIpc) is 2.73. The van der Waals surface area contributed by atoms with Crippen molar-refractivity contribution in [3.8, 4) is 0 Å². The van der Waals surface area contributed by atoms with Crippen molar-refractivity contribution in [1.29, 1.82) is 0 Å². The molecule has 0 aliphatic heterocycles. The van der Waals surface area contributed by atoms with Crippen molar-refractivity contribution in [1.82, 2.24) is 15.3 Å². The van der Waals surface area contributed by atoms with Crippen LogP contribution in [0.15, 0.2) is 36.4 Å². The van der Waals surface area contributed by atoms with Crippen LogP contribution in [-0.2, 0) is 0 Å². The zero-order chi connectivity index (χ0) is 20.2. The number of nitrogens with one attached hydrogen (secondary N) is 2. The number of anilines is 2. The lowest BCUT2D eigenvalue weighted by Crippen LogP contribution is -2.40. The molecule has 2 aliphatic carbocycles. The van der Waals surface area contributed by atoms with Gasteiger partial charge in [0.15, 0.2) is 0 Å². The molecular formula is C24H35N5. The molecule has 2 N–H and O–H groups in total. The third kappa shape index (κ3) is 4.89. The van der Waals surface area contributed by atoms with Crippen LogP contribution in [-0.4, -0.2) is 42.7 Å². The van der Waals surface area contributed by atoms with Gasteiger partial charge in [0.1, 0.15) is 5.82 Å². The average molecular weight is 394 g/mol. The maximum Gasteiger partial charge on any atom is 0.225 e.